The Bertz CT molecular complexity index is 514. The number of thiophene rings is 1. The first-order chi connectivity index (χ1) is 7.58. The molecule has 5 heteroatoms. The van der Waals surface area contributed by atoms with Crippen LogP contribution < -0.4 is 5.73 Å². The third-order valence-electron chi connectivity index (χ3n) is 2.19. The lowest BCUT2D eigenvalue weighted by Crippen LogP contribution is -2.12. The van der Waals surface area contributed by atoms with Gasteiger partial charge in [-0.1, -0.05) is 11.6 Å². The first-order valence-corrected chi connectivity index (χ1v) is 6.52. The quantitative estimate of drug-likeness (QED) is 0.874. The van der Waals surface area contributed by atoms with Crippen LogP contribution in [0.15, 0.2) is 34.1 Å². The van der Waals surface area contributed by atoms with Crippen molar-refractivity contribution >= 4 is 38.9 Å². The van der Waals surface area contributed by atoms with E-state index in [0.29, 0.717) is 10.6 Å². The fourth-order valence-electron chi connectivity index (χ4n) is 1.40. The Balaban J connectivity index is 2.40. The molecule has 0 aliphatic carbocycles. The van der Waals surface area contributed by atoms with Gasteiger partial charge in [0.25, 0.3) is 0 Å². The molecule has 1 aromatic carbocycles. The van der Waals surface area contributed by atoms with Crippen molar-refractivity contribution in [2.45, 2.75) is 6.04 Å². The fraction of sp³-hybridized carbons (Fsp3) is 0.0909. The second-order valence-electron chi connectivity index (χ2n) is 3.29. The normalized spacial score (nSPS) is 12.8. The van der Waals surface area contributed by atoms with Crippen molar-refractivity contribution in [2.24, 2.45) is 5.73 Å². The lowest BCUT2D eigenvalue weighted by Gasteiger charge is -2.11. The van der Waals surface area contributed by atoms with Gasteiger partial charge in [-0.15, -0.1) is 11.3 Å². The molecule has 1 nitrogen and oxygen atoms in total. The smallest absolute Gasteiger partial charge is 0.128 e. The van der Waals surface area contributed by atoms with Crippen LogP contribution in [-0.2, 0) is 0 Å². The fourth-order valence-corrected chi connectivity index (χ4v) is 3.03. The molecule has 2 N–H and O–H groups in total. The van der Waals surface area contributed by atoms with E-state index in [4.69, 9.17) is 17.3 Å². The van der Waals surface area contributed by atoms with Gasteiger partial charge in [0, 0.05) is 15.5 Å². The van der Waals surface area contributed by atoms with Gasteiger partial charge in [-0.2, -0.15) is 0 Å². The highest BCUT2D eigenvalue weighted by molar-refractivity contribution is 9.11. The van der Waals surface area contributed by atoms with Crippen LogP contribution in [0.1, 0.15) is 16.5 Å². The van der Waals surface area contributed by atoms with Crippen LogP contribution in [0.3, 0.4) is 0 Å². The lowest BCUT2D eigenvalue weighted by atomic mass is 10.1. The molecule has 84 valence electrons. The molecule has 1 atom stereocenters. The van der Waals surface area contributed by atoms with E-state index >= 15 is 0 Å². The Kier molecular flexibility index (Phi) is 3.64. The van der Waals surface area contributed by atoms with Crippen molar-refractivity contribution in [2.75, 3.05) is 0 Å². The van der Waals surface area contributed by atoms with E-state index in [1.807, 2.05) is 12.1 Å². The monoisotopic (exact) mass is 319 g/mol. The molecule has 2 rings (SSSR count). The van der Waals surface area contributed by atoms with Crippen LogP contribution in [-0.4, -0.2) is 0 Å². The van der Waals surface area contributed by atoms with Crippen molar-refractivity contribution < 1.29 is 4.39 Å². The third kappa shape index (κ3) is 2.46. The van der Waals surface area contributed by atoms with Gasteiger partial charge in [0.2, 0.25) is 0 Å². The summed E-state index contributed by atoms with van der Waals surface area (Å²) in [6.45, 7) is 0. The van der Waals surface area contributed by atoms with E-state index < -0.39 is 6.04 Å². The summed E-state index contributed by atoms with van der Waals surface area (Å²) in [6.07, 6.45) is 0. The Morgan fingerprint density at radius 2 is 2.06 bits per heavy atom. The zero-order valence-electron chi connectivity index (χ0n) is 8.08. The van der Waals surface area contributed by atoms with Gasteiger partial charge in [0.05, 0.1) is 9.83 Å². The minimum absolute atomic E-state index is 0.332. The van der Waals surface area contributed by atoms with E-state index in [1.54, 1.807) is 6.07 Å². The molecule has 2 aromatic rings. The second kappa shape index (κ2) is 4.84. The zero-order valence-corrected chi connectivity index (χ0v) is 11.2. The van der Waals surface area contributed by atoms with E-state index in [9.17, 15) is 4.39 Å². The van der Waals surface area contributed by atoms with E-state index in [0.717, 1.165) is 8.66 Å². The Labute approximate surface area is 110 Å². The molecule has 1 heterocycles. The Hall–Kier alpha value is -0.420. The maximum absolute atomic E-state index is 13.6. The minimum Gasteiger partial charge on any atom is -0.320 e. The second-order valence-corrected chi connectivity index (χ2v) is 6.22. The summed E-state index contributed by atoms with van der Waals surface area (Å²) in [5.74, 6) is -0.332. The molecular weight excluding hydrogens is 313 g/mol. The van der Waals surface area contributed by atoms with Crippen LogP contribution in [0, 0.1) is 5.82 Å². The highest BCUT2D eigenvalue weighted by atomic mass is 79.9. The molecule has 0 aliphatic rings. The topological polar surface area (TPSA) is 26.0 Å². The molecule has 0 aliphatic heterocycles. The number of benzene rings is 1. The van der Waals surface area contributed by atoms with Gasteiger partial charge >= 0.3 is 0 Å². The highest BCUT2D eigenvalue weighted by Gasteiger charge is 2.15. The molecule has 0 radical (unpaired) electrons. The molecule has 0 saturated heterocycles. The third-order valence-corrected chi connectivity index (χ3v) is 4.14. The van der Waals surface area contributed by atoms with Gasteiger partial charge in [-0.3, -0.25) is 0 Å². The first-order valence-electron chi connectivity index (χ1n) is 4.53. The molecule has 0 amide bonds. The van der Waals surface area contributed by atoms with E-state index in [-0.39, 0.29) is 5.82 Å². The summed E-state index contributed by atoms with van der Waals surface area (Å²) in [5.41, 5.74) is 6.41. The Morgan fingerprint density at radius 1 is 1.31 bits per heavy atom. The van der Waals surface area contributed by atoms with Crippen LogP contribution in [0.4, 0.5) is 4.39 Å². The van der Waals surface area contributed by atoms with Gasteiger partial charge in [-0.25, -0.2) is 4.39 Å². The summed E-state index contributed by atoms with van der Waals surface area (Å²) in [4.78, 5) is 0.896. The van der Waals surface area contributed by atoms with E-state index in [1.165, 1.54) is 23.5 Å². The maximum atomic E-state index is 13.6. The van der Waals surface area contributed by atoms with Gasteiger partial charge in [-0.05, 0) is 46.3 Å². The summed E-state index contributed by atoms with van der Waals surface area (Å²) in [6, 6.07) is 7.70. The number of rotatable bonds is 2. The van der Waals surface area contributed by atoms with Crippen molar-refractivity contribution in [3.8, 4) is 0 Å². The molecule has 1 unspecified atom stereocenters. The molecule has 1 aromatic heterocycles. The number of hydrogen-bond donors (Lipinski definition) is 1. The van der Waals surface area contributed by atoms with Crippen molar-refractivity contribution in [1.82, 2.24) is 0 Å². The first kappa shape index (κ1) is 12.0. The molecule has 0 saturated carbocycles. The summed E-state index contributed by atoms with van der Waals surface area (Å²) < 4.78 is 14.5. The largest absolute Gasteiger partial charge is 0.320 e. The zero-order chi connectivity index (χ0) is 11.7. The van der Waals surface area contributed by atoms with Gasteiger partial charge in [0.1, 0.15) is 5.82 Å². The highest BCUT2D eigenvalue weighted by Crippen LogP contribution is 2.31. The molecule has 0 fully saturated rings. The van der Waals surface area contributed by atoms with E-state index in [2.05, 4.69) is 15.9 Å². The van der Waals surface area contributed by atoms with Gasteiger partial charge in [0.15, 0.2) is 0 Å². The number of halogens is 3. The van der Waals surface area contributed by atoms with Crippen LogP contribution in [0.2, 0.25) is 5.02 Å². The lowest BCUT2D eigenvalue weighted by molar-refractivity contribution is 0.601. The Morgan fingerprint density at radius 3 is 2.69 bits per heavy atom. The number of hydrogen-bond acceptors (Lipinski definition) is 2. The molecule has 16 heavy (non-hydrogen) atoms. The van der Waals surface area contributed by atoms with Crippen molar-refractivity contribution in [3.05, 3.63) is 55.4 Å². The average Bonchev–Trinajstić information content (AvgIpc) is 2.67. The molecular formula is C11H8BrClFNS. The summed E-state index contributed by atoms with van der Waals surface area (Å²) in [5, 5.41) is 0.488. The number of nitrogens with two attached hydrogens (primary N) is 1. The van der Waals surface area contributed by atoms with Crippen LogP contribution >= 0.6 is 38.9 Å². The van der Waals surface area contributed by atoms with Crippen LogP contribution in [0.5, 0.6) is 0 Å². The van der Waals surface area contributed by atoms with Gasteiger partial charge < -0.3 is 5.73 Å². The predicted octanol–water partition coefficient (Wildman–Crippen LogP) is 4.35. The average molecular weight is 321 g/mol. The molecule has 0 spiro atoms. The standard InChI is InChI=1S/C11H8BrClFNS/c12-10-4-3-9(16-10)11(15)7-5-6(13)1-2-8(7)14/h1-5,11H,15H2. The minimum atomic E-state index is -0.477. The SMILES string of the molecule is NC(c1ccc(Br)s1)c1cc(Cl)ccc1F. The van der Waals surface area contributed by atoms with Crippen LogP contribution in [0.25, 0.3) is 0 Å². The van der Waals surface area contributed by atoms with Crippen molar-refractivity contribution in [3.63, 3.8) is 0 Å². The maximum Gasteiger partial charge on any atom is 0.128 e. The molecule has 0 bridgehead atoms. The van der Waals surface area contributed by atoms with Crippen molar-refractivity contribution in [1.29, 1.82) is 0 Å². The summed E-state index contributed by atoms with van der Waals surface area (Å²) >= 11 is 10.7. The summed E-state index contributed by atoms with van der Waals surface area (Å²) in [7, 11) is 0. The predicted molar refractivity (Wildman–Crippen MR) is 69.5 cm³/mol.